The van der Waals surface area contributed by atoms with Gasteiger partial charge in [-0.15, -0.1) is 11.8 Å². The molecule has 0 aliphatic rings. The molecule has 0 fully saturated rings. The monoisotopic (exact) mass is 209 g/mol. The summed E-state index contributed by atoms with van der Waals surface area (Å²) in [7, 11) is 0. The van der Waals surface area contributed by atoms with Gasteiger partial charge in [-0.25, -0.2) is 0 Å². The van der Waals surface area contributed by atoms with Crippen molar-refractivity contribution >= 4 is 11.8 Å². The molecule has 0 aromatic heterocycles. The SMILES string of the molecule is CC(CN)CCCSc1ccccc1. The van der Waals surface area contributed by atoms with E-state index in [-0.39, 0.29) is 0 Å². The normalized spacial score (nSPS) is 12.7. The van der Waals surface area contributed by atoms with E-state index < -0.39 is 0 Å². The highest BCUT2D eigenvalue weighted by Gasteiger charge is 1.98. The molecule has 1 unspecified atom stereocenters. The van der Waals surface area contributed by atoms with Crippen molar-refractivity contribution in [2.75, 3.05) is 12.3 Å². The van der Waals surface area contributed by atoms with Gasteiger partial charge in [0.2, 0.25) is 0 Å². The van der Waals surface area contributed by atoms with Gasteiger partial charge >= 0.3 is 0 Å². The molecule has 0 amide bonds. The Hall–Kier alpha value is -0.470. The van der Waals surface area contributed by atoms with E-state index >= 15 is 0 Å². The van der Waals surface area contributed by atoms with Gasteiger partial charge in [-0.3, -0.25) is 0 Å². The van der Waals surface area contributed by atoms with E-state index in [1.807, 2.05) is 11.8 Å². The molecule has 1 rings (SSSR count). The van der Waals surface area contributed by atoms with Crippen LogP contribution in [-0.2, 0) is 0 Å². The Kier molecular flexibility index (Phi) is 5.72. The van der Waals surface area contributed by atoms with Crippen molar-refractivity contribution in [1.29, 1.82) is 0 Å². The van der Waals surface area contributed by atoms with Crippen LogP contribution in [0.2, 0.25) is 0 Å². The van der Waals surface area contributed by atoms with Crippen LogP contribution < -0.4 is 5.73 Å². The molecule has 0 spiro atoms. The van der Waals surface area contributed by atoms with Crippen molar-refractivity contribution in [2.45, 2.75) is 24.7 Å². The summed E-state index contributed by atoms with van der Waals surface area (Å²) >= 11 is 1.93. The summed E-state index contributed by atoms with van der Waals surface area (Å²) in [5, 5.41) is 0. The molecule has 1 nitrogen and oxygen atoms in total. The maximum atomic E-state index is 5.56. The minimum atomic E-state index is 0.673. The van der Waals surface area contributed by atoms with Gasteiger partial charge in [0.05, 0.1) is 0 Å². The van der Waals surface area contributed by atoms with Crippen LogP contribution in [0, 0.1) is 5.92 Å². The maximum absolute atomic E-state index is 5.56. The smallest absolute Gasteiger partial charge is 0.00719 e. The van der Waals surface area contributed by atoms with Crippen molar-refractivity contribution in [3.8, 4) is 0 Å². The Morgan fingerprint density at radius 1 is 1.29 bits per heavy atom. The van der Waals surface area contributed by atoms with Crippen LogP contribution in [0.5, 0.6) is 0 Å². The lowest BCUT2D eigenvalue weighted by Crippen LogP contribution is -2.10. The minimum Gasteiger partial charge on any atom is -0.330 e. The standard InChI is InChI=1S/C12H19NS/c1-11(10-13)6-5-9-14-12-7-3-2-4-8-12/h2-4,7-8,11H,5-6,9-10,13H2,1H3. The molecule has 0 saturated carbocycles. The van der Waals surface area contributed by atoms with Crippen LogP contribution in [0.3, 0.4) is 0 Å². The van der Waals surface area contributed by atoms with Gasteiger partial charge in [0, 0.05) is 4.90 Å². The first kappa shape index (κ1) is 11.6. The summed E-state index contributed by atoms with van der Waals surface area (Å²) in [5.74, 6) is 1.88. The molecule has 2 N–H and O–H groups in total. The lowest BCUT2D eigenvalue weighted by atomic mass is 10.1. The average molecular weight is 209 g/mol. The van der Waals surface area contributed by atoms with Crippen LogP contribution in [-0.4, -0.2) is 12.3 Å². The Bertz CT molecular complexity index is 235. The number of benzene rings is 1. The average Bonchev–Trinajstić information content (AvgIpc) is 2.25. The Labute approximate surface area is 91.1 Å². The molecule has 2 heteroatoms. The number of hydrogen-bond acceptors (Lipinski definition) is 2. The summed E-state index contributed by atoms with van der Waals surface area (Å²) in [5.41, 5.74) is 5.56. The van der Waals surface area contributed by atoms with Crippen LogP contribution >= 0.6 is 11.8 Å². The number of thioether (sulfide) groups is 1. The van der Waals surface area contributed by atoms with Gasteiger partial charge in [0.1, 0.15) is 0 Å². The molecule has 1 aromatic rings. The largest absolute Gasteiger partial charge is 0.330 e. The van der Waals surface area contributed by atoms with Gasteiger partial charge in [0.25, 0.3) is 0 Å². The van der Waals surface area contributed by atoms with E-state index in [4.69, 9.17) is 5.73 Å². The highest BCUT2D eigenvalue weighted by Crippen LogP contribution is 2.19. The lowest BCUT2D eigenvalue weighted by Gasteiger charge is -2.07. The summed E-state index contributed by atoms with van der Waals surface area (Å²) in [4.78, 5) is 1.37. The number of rotatable bonds is 6. The third kappa shape index (κ3) is 4.68. The van der Waals surface area contributed by atoms with Crippen LogP contribution in [0.25, 0.3) is 0 Å². The van der Waals surface area contributed by atoms with E-state index in [1.165, 1.54) is 23.5 Å². The first-order chi connectivity index (χ1) is 6.83. The fraction of sp³-hybridized carbons (Fsp3) is 0.500. The third-order valence-corrected chi connectivity index (χ3v) is 3.35. The van der Waals surface area contributed by atoms with Crippen molar-refractivity contribution in [3.05, 3.63) is 30.3 Å². The fourth-order valence-electron chi connectivity index (χ4n) is 1.26. The molecule has 0 aliphatic heterocycles. The first-order valence-electron chi connectivity index (χ1n) is 5.21. The predicted molar refractivity (Wildman–Crippen MR) is 64.6 cm³/mol. The predicted octanol–water partition coefficient (Wildman–Crippen LogP) is 3.15. The lowest BCUT2D eigenvalue weighted by molar-refractivity contribution is 0.539. The molecular weight excluding hydrogens is 190 g/mol. The number of hydrogen-bond donors (Lipinski definition) is 1. The zero-order valence-electron chi connectivity index (χ0n) is 8.78. The molecular formula is C12H19NS. The molecule has 1 atom stereocenters. The van der Waals surface area contributed by atoms with E-state index in [1.54, 1.807) is 0 Å². The minimum absolute atomic E-state index is 0.673. The topological polar surface area (TPSA) is 26.0 Å². The van der Waals surface area contributed by atoms with Gasteiger partial charge in [-0.05, 0) is 43.2 Å². The quantitative estimate of drug-likeness (QED) is 0.575. The third-order valence-electron chi connectivity index (χ3n) is 2.26. The van der Waals surface area contributed by atoms with Crippen LogP contribution in [0.15, 0.2) is 35.2 Å². The summed E-state index contributed by atoms with van der Waals surface area (Å²) in [6.45, 7) is 3.03. The van der Waals surface area contributed by atoms with Crippen molar-refractivity contribution in [3.63, 3.8) is 0 Å². The zero-order valence-corrected chi connectivity index (χ0v) is 9.59. The first-order valence-corrected chi connectivity index (χ1v) is 6.19. The van der Waals surface area contributed by atoms with E-state index in [0.29, 0.717) is 5.92 Å². The Morgan fingerprint density at radius 3 is 2.64 bits per heavy atom. The van der Waals surface area contributed by atoms with Crippen molar-refractivity contribution in [2.24, 2.45) is 11.7 Å². The van der Waals surface area contributed by atoms with Gasteiger partial charge in [0.15, 0.2) is 0 Å². The van der Waals surface area contributed by atoms with E-state index in [0.717, 1.165) is 6.54 Å². The second-order valence-electron chi connectivity index (χ2n) is 3.64. The molecule has 1 aromatic carbocycles. The maximum Gasteiger partial charge on any atom is 0.00719 e. The second-order valence-corrected chi connectivity index (χ2v) is 4.81. The Morgan fingerprint density at radius 2 is 2.00 bits per heavy atom. The molecule has 14 heavy (non-hydrogen) atoms. The zero-order chi connectivity index (χ0) is 10.2. The van der Waals surface area contributed by atoms with Gasteiger partial charge in [-0.2, -0.15) is 0 Å². The van der Waals surface area contributed by atoms with Gasteiger partial charge < -0.3 is 5.73 Å². The molecule has 0 saturated heterocycles. The van der Waals surface area contributed by atoms with Crippen LogP contribution in [0.4, 0.5) is 0 Å². The summed E-state index contributed by atoms with van der Waals surface area (Å²) < 4.78 is 0. The van der Waals surface area contributed by atoms with Crippen LogP contribution in [0.1, 0.15) is 19.8 Å². The number of nitrogens with two attached hydrogens (primary N) is 1. The summed E-state index contributed by atoms with van der Waals surface area (Å²) in [6.07, 6.45) is 2.51. The highest BCUT2D eigenvalue weighted by atomic mass is 32.2. The van der Waals surface area contributed by atoms with E-state index in [2.05, 4.69) is 37.3 Å². The fourth-order valence-corrected chi connectivity index (χ4v) is 2.15. The molecule has 78 valence electrons. The molecule has 0 bridgehead atoms. The Balaban J connectivity index is 2.10. The van der Waals surface area contributed by atoms with Crippen molar-refractivity contribution < 1.29 is 0 Å². The highest BCUT2D eigenvalue weighted by molar-refractivity contribution is 7.99. The molecule has 0 radical (unpaired) electrons. The summed E-state index contributed by atoms with van der Waals surface area (Å²) in [6, 6.07) is 10.6. The molecule has 0 heterocycles. The second kappa shape index (κ2) is 6.91. The van der Waals surface area contributed by atoms with E-state index in [9.17, 15) is 0 Å². The van der Waals surface area contributed by atoms with Crippen molar-refractivity contribution in [1.82, 2.24) is 0 Å². The van der Waals surface area contributed by atoms with Gasteiger partial charge in [-0.1, -0.05) is 25.1 Å². The molecule has 0 aliphatic carbocycles.